The van der Waals surface area contributed by atoms with Crippen LogP contribution in [-0.2, 0) is 13.0 Å². The molecule has 0 spiro atoms. The van der Waals surface area contributed by atoms with Crippen molar-refractivity contribution in [2.75, 3.05) is 12.3 Å². The first kappa shape index (κ1) is 19.3. The van der Waals surface area contributed by atoms with E-state index in [9.17, 15) is 4.79 Å². The van der Waals surface area contributed by atoms with Gasteiger partial charge in [-0.25, -0.2) is 15.0 Å². The van der Waals surface area contributed by atoms with Crippen LogP contribution in [0.2, 0.25) is 0 Å². The lowest BCUT2D eigenvalue weighted by atomic mass is 9.98. The number of imidazole rings is 1. The maximum absolute atomic E-state index is 13.2. The normalized spacial score (nSPS) is 17.5. The molecule has 2 N–H and O–H groups in total. The Balaban J connectivity index is 1.74. The molecule has 1 fully saturated rings. The van der Waals surface area contributed by atoms with E-state index in [-0.39, 0.29) is 17.9 Å². The van der Waals surface area contributed by atoms with Crippen molar-refractivity contribution in [2.45, 2.75) is 65.5 Å². The van der Waals surface area contributed by atoms with Gasteiger partial charge in [-0.05, 0) is 51.0 Å². The maximum atomic E-state index is 13.2. The van der Waals surface area contributed by atoms with E-state index in [4.69, 9.17) is 5.73 Å². The molecular formula is C20H30N6O. The second kappa shape index (κ2) is 8.50. The average molecular weight is 371 g/mol. The number of nitrogens with zero attached hydrogens (tertiary/aromatic N) is 5. The number of rotatable bonds is 6. The van der Waals surface area contributed by atoms with Gasteiger partial charge in [-0.1, -0.05) is 13.8 Å². The fraction of sp³-hybridized carbons (Fsp3) is 0.600. The minimum absolute atomic E-state index is 0.0267. The predicted molar refractivity (Wildman–Crippen MR) is 105 cm³/mol. The second-order valence-corrected chi connectivity index (χ2v) is 7.81. The van der Waals surface area contributed by atoms with Crippen LogP contribution < -0.4 is 5.73 Å². The molecule has 0 aliphatic carbocycles. The molecule has 1 saturated heterocycles. The third-order valence-corrected chi connectivity index (χ3v) is 5.15. The molecule has 7 heteroatoms. The van der Waals surface area contributed by atoms with Gasteiger partial charge in [0.05, 0.1) is 0 Å². The number of carbonyl (C=O) groups excluding carboxylic acids is 1. The van der Waals surface area contributed by atoms with Gasteiger partial charge in [0.1, 0.15) is 11.5 Å². The molecule has 2 aromatic heterocycles. The van der Waals surface area contributed by atoms with E-state index in [1.54, 1.807) is 0 Å². The molecule has 0 aromatic carbocycles. The zero-order valence-corrected chi connectivity index (χ0v) is 16.6. The van der Waals surface area contributed by atoms with Crippen LogP contribution in [0.4, 0.5) is 5.95 Å². The number of piperidine rings is 1. The van der Waals surface area contributed by atoms with Gasteiger partial charge in [0.15, 0.2) is 0 Å². The number of aromatic nitrogens is 4. The van der Waals surface area contributed by atoms with Gasteiger partial charge >= 0.3 is 0 Å². The summed E-state index contributed by atoms with van der Waals surface area (Å²) >= 11 is 0. The molecule has 1 atom stereocenters. The highest BCUT2D eigenvalue weighted by atomic mass is 16.2. The topological polar surface area (TPSA) is 89.9 Å². The number of amides is 1. The Hall–Kier alpha value is -2.44. The molecule has 2 aromatic rings. The highest BCUT2D eigenvalue weighted by molar-refractivity contribution is 5.93. The van der Waals surface area contributed by atoms with Crippen LogP contribution in [0, 0.1) is 12.8 Å². The number of nitrogens with two attached hydrogens (primary N) is 1. The fourth-order valence-electron chi connectivity index (χ4n) is 3.79. The lowest BCUT2D eigenvalue weighted by Gasteiger charge is -2.36. The van der Waals surface area contributed by atoms with Crippen molar-refractivity contribution in [3.8, 4) is 0 Å². The largest absolute Gasteiger partial charge is 0.368 e. The summed E-state index contributed by atoms with van der Waals surface area (Å²) in [6, 6.07) is 2.03. The van der Waals surface area contributed by atoms with E-state index in [1.807, 2.05) is 30.3 Å². The highest BCUT2D eigenvalue weighted by Gasteiger charge is 2.28. The van der Waals surface area contributed by atoms with E-state index < -0.39 is 0 Å². The Morgan fingerprint density at radius 2 is 2.15 bits per heavy atom. The van der Waals surface area contributed by atoms with Crippen LogP contribution in [0.3, 0.4) is 0 Å². The molecule has 1 aliphatic heterocycles. The summed E-state index contributed by atoms with van der Waals surface area (Å²) in [5, 5.41) is 0. The van der Waals surface area contributed by atoms with Crippen LogP contribution in [-0.4, -0.2) is 42.9 Å². The van der Waals surface area contributed by atoms with Crippen molar-refractivity contribution < 1.29 is 4.79 Å². The molecule has 1 amide bonds. The number of carbonyl (C=O) groups is 1. The quantitative estimate of drug-likeness (QED) is 0.844. The molecule has 3 heterocycles. The van der Waals surface area contributed by atoms with Crippen molar-refractivity contribution in [3.05, 3.63) is 35.7 Å². The molecule has 3 rings (SSSR count). The van der Waals surface area contributed by atoms with E-state index in [0.717, 1.165) is 56.7 Å². The number of hydrogen-bond donors (Lipinski definition) is 1. The first-order valence-corrected chi connectivity index (χ1v) is 9.86. The zero-order chi connectivity index (χ0) is 19.4. The van der Waals surface area contributed by atoms with Gasteiger partial charge in [0.25, 0.3) is 5.91 Å². The monoisotopic (exact) mass is 370 g/mol. The van der Waals surface area contributed by atoms with Gasteiger partial charge in [-0.15, -0.1) is 0 Å². The van der Waals surface area contributed by atoms with Crippen LogP contribution in [0.1, 0.15) is 61.5 Å². The van der Waals surface area contributed by atoms with Gasteiger partial charge in [0.2, 0.25) is 5.95 Å². The van der Waals surface area contributed by atoms with E-state index in [2.05, 4.69) is 33.4 Å². The summed E-state index contributed by atoms with van der Waals surface area (Å²) in [6.45, 7) is 7.89. The van der Waals surface area contributed by atoms with Gasteiger partial charge in [-0.3, -0.25) is 4.79 Å². The lowest BCUT2D eigenvalue weighted by molar-refractivity contribution is 0.0589. The second-order valence-electron chi connectivity index (χ2n) is 7.81. The van der Waals surface area contributed by atoms with Gasteiger partial charge in [-0.2, -0.15) is 0 Å². The third-order valence-electron chi connectivity index (χ3n) is 5.15. The SMILES string of the molecule is Cc1nccn1CCC1CCCCN1C(=O)c1cc(CC(C)C)nc(N)n1. The molecule has 0 radical (unpaired) electrons. The van der Waals surface area contributed by atoms with Gasteiger partial charge in [0, 0.05) is 37.2 Å². The number of hydrogen-bond acceptors (Lipinski definition) is 5. The Labute approximate surface area is 161 Å². The van der Waals surface area contributed by atoms with E-state index in [0.29, 0.717) is 11.6 Å². The molecule has 0 bridgehead atoms. The zero-order valence-electron chi connectivity index (χ0n) is 16.6. The number of anilines is 1. The fourth-order valence-corrected chi connectivity index (χ4v) is 3.79. The molecule has 1 aliphatic rings. The molecule has 146 valence electrons. The molecule has 1 unspecified atom stereocenters. The molecular weight excluding hydrogens is 340 g/mol. The number of nitrogen functional groups attached to an aromatic ring is 1. The van der Waals surface area contributed by atoms with Crippen LogP contribution in [0.25, 0.3) is 0 Å². The minimum Gasteiger partial charge on any atom is -0.368 e. The lowest BCUT2D eigenvalue weighted by Crippen LogP contribution is -2.44. The van der Waals surface area contributed by atoms with Crippen LogP contribution in [0.5, 0.6) is 0 Å². The van der Waals surface area contributed by atoms with Crippen molar-refractivity contribution >= 4 is 11.9 Å². The maximum Gasteiger partial charge on any atom is 0.272 e. The van der Waals surface area contributed by atoms with Crippen LogP contribution >= 0.6 is 0 Å². The Morgan fingerprint density at radius 1 is 1.33 bits per heavy atom. The van der Waals surface area contributed by atoms with E-state index >= 15 is 0 Å². The Bertz CT molecular complexity index is 785. The highest BCUT2D eigenvalue weighted by Crippen LogP contribution is 2.23. The first-order valence-electron chi connectivity index (χ1n) is 9.86. The average Bonchev–Trinajstić information content (AvgIpc) is 3.03. The number of likely N-dealkylation sites (tertiary alicyclic amines) is 1. The summed E-state index contributed by atoms with van der Waals surface area (Å²) in [7, 11) is 0. The molecule has 7 nitrogen and oxygen atoms in total. The van der Waals surface area contributed by atoms with Crippen LogP contribution in [0.15, 0.2) is 18.5 Å². The smallest absolute Gasteiger partial charge is 0.272 e. The standard InChI is InChI=1S/C20H30N6O/c1-14(2)12-16-13-18(24-20(21)23-16)19(27)26-9-5-4-6-17(26)7-10-25-11-8-22-15(25)3/h8,11,13-14,17H,4-7,9-10,12H2,1-3H3,(H2,21,23,24). The van der Waals surface area contributed by atoms with Crippen molar-refractivity contribution in [3.63, 3.8) is 0 Å². The van der Waals surface area contributed by atoms with Crippen molar-refractivity contribution in [1.29, 1.82) is 0 Å². The Morgan fingerprint density at radius 3 is 2.85 bits per heavy atom. The summed E-state index contributed by atoms with van der Waals surface area (Å²) in [4.78, 5) is 28.0. The Kier molecular flexibility index (Phi) is 6.08. The van der Waals surface area contributed by atoms with Crippen molar-refractivity contribution in [2.24, 2.45) is 5.92 Å². The van der Waals surface area contributed by atoms with E-state index in [1.165, 1.54) is 0 Å². The summed E-state index contributed by atoms with van der Waals surface area (Å²) in [5.74, 6) is 1.61. The summed E-state index contributed by atoms with van der Waals surface area (Å²) in [6.07, 6.45) is 8.73. The molecule has 27 heavy (non-hydrogen) atoms. The summed E-state index contributed by atoms with van der Waals surface area (Å²) < 4.78 is 2.14. The predicted octanol–water partition coefficient (Wildman–Crippen LogP) is 2.85. The number of aryl methyl sites for hydroxylation is 2. The summed E-state index contributed by atoms with van der Waals surface area (Å²) in [5.41, 5.74) is 7.13. The molecule has 0 saturated carbocycles. The minimum atomic E-state index is -0.0267. The first-order chi connectivity index (χ1) is 12.9. The van der Waals surface area contributed by atoms with Gasteiger partial charge < -0.3 is 15.2 Å². The third kappa shape index (κ3) is 4.84. The van der Waals surface area contributed by atoms with Crippen molar-refractivity contribution in [1.82, 2.24) is 24.4 Å².